The van der Waals surface area contributed by atoms with E-state index in [-0.39, 0.29) is 24.1 Å². The number of halogens is 1. The van der Waals surface area contributed by atoms with Gasteiger partial charge in [-0.1, -0.05) is 6.07 Å². The number of piperidine rings is 1. The van der Waals surface area contributed by atoms with E-state index in [1.54, 1.807) is 31.4 Å². The van der Waals surface area contributed by atoms with Gasteiger partial charge in [0.25, 0.3) is 0 Å². The summed E-state index contributed by atoms with van der Waals surface area (Å²) in [6.07, 6.45) is 1.87. The lowest BCUT2D eigenvalue weighted by Crippen LogP contribution is -2.31. The average molecular weight is 306 g/mol. The van der Waals surface area contributed by atoms with Crippen LogP contribution in [-0.4, -0.2) is 34.4 Å². The van der Waals surface area contributed by atoms with Crippen LogP contribution in [-0.2, 0) is 9.84 Å². The van der Waals surface area contributed by atoms with Gasteiger partial charge >= 0.3 is 0 Å². The van der Waals surface area contributed by atoms with Crippen LogP contribution in [0.2, 0.25) is 0 Å². The van der Waals surface area contributed by atoms with Gasteiger partial charge in [-0.3, -0.25) is 0 Å². The maximum atomic E-state index is 12.3. The number of rotatable bonds is 4. The Bertz CT molecular complexity index is 498. The standard InChI is InChI=1S/C13H19NO3S.ClH/c1-17-12-3-2-4-13(9-12)18(15,16)10-11-5-7-14-8-6-11;/h2-4,9,11,14H,5-8,10H2,1H3;1H. The molecule has 1 saturated heterocycles. The zero-order valence-corrected chi connectivity index (χ0v) is 12.6. The molecular formula is C13H20ClNO3S. The summed E-state index contributed by atoms with van der Waals surface area (Å²) in [5.41, 5.74) is 0. The molecule has 1 aromatic carbocycles. The van der Waals surface area contributed by atoms with Crippen LogP contribution < -0.4 is 10.1 Å². The van der Waals surface area contributed by atoms with E-state index in [0.29, 0.717) is 10.6 Å². The molecule has 6 heteroatoms. The summed E-state index contributed by atoms with van der Waals surface area (Å²) in [4.78, 5) is 0.361. The predicted molar refractivity (Wildman–Crippen MR) is 77.9 cm³/mol. The van der Waals surface area contributed by atoms with E-state index in [0.717, 1.165) is 25.9 Å². The summed E-state index contributed by atoms with van der Waals surface area (Å²) in [7, 11) is -1.66. The summed E-state index contributed by atoms with van der Waals surface area (Å²) >= 11 is 0. The van der Waals surface area contributed by atoms with Crippen molar-refractivity contribution >= 4 is 22.2 Å². The lowest BCUT2D eigenvalue weighted by molar-refractivity contribution is 0.401. The third kappa shape index (κ3) is 4.37. The largest absolute Gasteiger partial charge is 0.497 e. The van der Waals surface area contributed by atoms with Crippen molar-refractivity contribution in [1.29, 1.82) is 0 Å². The maximum Gasteiger partial charge on any atom is 0.178 e. The van der Waals surface area contributed by atoms with Crippen LogP contribution in [0.1, 0.15) is 12.8 Å². The number of sulfone groups is 1. The molecule has 0 spiro atoms. The number of nitrogens with one attached hydrogen (secondary N) is 1. The molecule has 1 aliphatic rings. The van der Waals surface area contributed by atoms with E-state index in [2.05, 4.69) is 5.32 Å². The third-order valence-electron chi connectivity index (χ3n) is 3.31. The van der Waals surface area contributed by atoms with Gasteiger partial charge < -0.3 is 10.1 Å². The van der Waals surface area contributed by atoms with Crippen LogP contribution in [0.25, 0.3) is 0 Å². The fourth-order valence-electron chi connectivity index (χ4n) is 2.25. The van der Waals surface area contributed by atoms with Gasteiger partial charge in [0.2, 0.25) is 0 Å². The molecule has 0 unspecified atom stereocenters. The van der Waals surface area contributed by atoms with Gasteiger partial charge in [0.05, 0.1) is 17.8 Å². The molecule has 0 aromatic heterocycles. The smallest absolute Gasteiger partial charge is 0.178 e. The van der Waals surface area contributed by atoms with Crippen LogP contribution in [0, 0.1) is 5.92 Å². The summed E-state index contributed by atoms with van der Waals surface area (Å²) in [5.74, 6) is 1.09. The van der Waals surface area contributed by atoms with Crippen LogP contribution in [0.5, 0.6) is 5.75 Å². The Morgan fingerprint density at radius 1 is 1.32 bits per heavy atom. The van der Waals surface area contributed by atoms with Crippen LogP contribution in [0.4, 0.5) is 0 Å². The molecule has 1 fully saturated rings. The first-order chi connectivity index (χ1) is 8.62. The Morgan fingerprint density at radius 2 is 2.00 bits per heavy atom. The summed E-state index contributed by atoms with van der Waals surface area (Å²) < 4.78 is 29.7. The van der Waals surface area contributed by atoms with Crippen LogP contribution >= 0.6 is 12.4 Å². The minimum atomic E-state index is -3.20. The van der Waals surface area contributed by atoms with Crippen molar-refractivity contribution in [2.75, 3.05) is 26.0 Å². The molecular weight excluding hydrogens is 286 g/mol. The first-order valence-electron chi connectivity index (χ1n) is 6.19. The molecule has 0 aliphatic carbocycles. The molecule has 1 N–H and O–H groups in total. The second kappa shape index (κ2) is 7.12. The zero-order chi connectivity index (χ0) is 13.0. The Morgan fingerprint density at radius 3 is 2.63 bits per heavy atom. The Hall–Kier alpha value is -0.780. The first-order valence-corrected chi connectivity index (χ1v) is 7.84. The van der Waals surface area contributed by atoms with Crippen molar-refractivity contribution < 1.29 is 13.2 Å². The topological polar surface area (TPSA) is 55.4 Å². The van der Waals surface area contributed by atoms with Crippen molar-refractivity contribution in [3.8, 4) is 5.75 Å². The van der Waals surface area contributed by atoms with Crippen LogP contribution in [0.3, 0.4) is 0 Å². The SMILES string of the molecule is COc1cccc(S(=O)(=O)CC2CCNCC2)c1.Cl. The summed E-state index contributed by atoms with van der Waals surface area (Å²) in [6.45, 7) is 1.83. The molecule has 0 radical (unpaired) electrons. The molecule has 4 nitrogen and oxygen atoms in total. The molecule has 0 atom stereocenters. The molecule has 2 rings (SSSR count). The number of ether oxygens (including phenoxy) is 1. The first kappa shape index (κ1) is 16.3. The number of hydrogen-bond donors (Lipinski definition) is 1. The highest BCUT2D eigenvalue weighted by Gasteiger charge is 2.23. The van der Waals surface area contributed by atoms with Crippen molar-refractivity contribution in [1.82, 2.24) is 5.32 Å². The molecule has 0 saturated carbocycles. The minimum absolute atomic E-state index is 0. The minimum Gasteiger partial charge on any atom is -0.497 e. The highest BCUT2D eigenvalue weighted by molar-refractivity contribution is 7.91. The fraction of sp³-hybridized carbons (Fsp3) is 0.538. The molecule has 0 bridgehead atoms. The highest BCUT2D eigenvalue weighted by Crippen LogP contribution is 2.22. The lowest BCUT2D eigenvalue weighted by Gasteiger charge is -2.22. The summed E-state index contributed by atoms with van der Waals surface area (Å²) in [6, 6.07) is 6.70. The Kier molecular flexibility index (Phi) is 6.10. The van der Waals surface area contributed by atoms with E-state index in [1.807, 2.05) is 0 Å². The van der Waals surface area contributed by atoms with Crippen molar-refractivity contribution in [3.05, 3.63) is 24.3 Å². The van der Waals surface area contributed by atoms with Crippen molar-refractivity contribution in [3.63, 3.8) is 0 Å². The average Bonchev–Trinajstić information content (AvgIpc) is 2.39. The van der Waals surface area contributed by atoms with Crippen molar-refractivity contribution in [2.45, 2.75) is 17.7 Å². The monoisotopic (exact) mass is 305 g/mol. The van der Waals surface area contributed by atoms with Gasteiger partial charge in [-0.05, 0) is 50.0 Å². The summed E-state index contributed by atoms with van der Waals surface area (Å²) in [5, 5.41) is 3.24. The molecule has 19 heavy (non-hydrogen) atoms. The highest BCUT2D eigenvalue weighted by atomic mass is 35.5. The number of hydrogen-bond acceptors (Lipinski definition) is 4. The van der Waals surface area contributed by atoms with E-state index in [1.165, 1.54) is 0 Å². The van der Waals surface area contributed by atoms with Crippen LogP contribution in [0.15, 0.2) is 29.2 Å². The van der Waals surface area contributed by atoms with E-state index in [9.17, 15) is 8.42 Å². The lowest BCUT2D eigenvalue weighted by atomic mass is 10.0. The van der Waals surface area contributed by atoms with Crippen molar-refractivity contribution in [2.24, 2.45) is 5.92 Å². The van der Waals surface area contributed by atoms with Gasteiger partial charge in [-0.15, -0.1) is 12.4 Å². The Balaban J connectivity index is 0.00000180. The Labute approximate surface area is 120 Å². The molecule has 1 aliphatic heterocycles. The maximum absolute atomic E-state index is 12.3. The molecule has 0 amide bonds. The van der Waals surface area contributed by atoms with Gasteiger partial charge in [0.15, 0.2) is 9.84 Å². The van der Waals surface area contributed by atoms with Gasteiger partial charge in [-0.25, -0.2) is 8.42 Å². The molecule has 1 aromatic rings. The molecule has 108 valence electrons. The van der Waals surface area contributed by atoms with Gasteiger partial charge in [0.1, 0.15) is 5.75 Å². The van der Waals surface area contributed by atoms with E-state index >= 15 is 0 Å². The van der Waals surface area contributed by atoms with E-state index < -0.39 is 9.84 Å². The third-order valence-corrected chi connectivity index (χ3v) is 5.20. The predicted octanol–water partition coefficient (Wildman–Crippen LogP) is 1.89. The molecule has 1 heterocycles. The fourth-order valence-corrected chi connectivity index (χ4v) is 3.98. The van der Waals surface area contributed by atoms with Gasteiger partial charge in [0, 0.05) is 0 Å². The van der Waals surface area contributed by atoms with E-state index in [4.69, 9.17) is 4.74 Å². The second-order valence-electron chi connectivity index (χ2n) is 4.65. The quantitative estimate of drug-likeness (QED) is 0.923. The number of methoxy groups -OCH3 is 1. The zero-order valence-electron chi connectivity index (χ0n) is 11.0. The second-order valence-corrected chi connectivity index (χ2v) is 6.69. The van der Waals surface area contributed by atoms with Gasteiger partial charge in [-0.2, -0.15) is 0 Å². The normalized spacial score (nSPS) is 16.7. The number of benzene rings is 1.